The third-order valence-corrected chi connectivity index (χ3v) is 14.0. The van der Waals surface area contributed by atoms with Crippen molar-refractivity contribution >= 4 is 37.5 Å². The molecule has 5 nitrogen and oxygen atoms in total. The number of esters is 1. The number of halogens is 4. The number of nitrogens with one attached hydrogen (secondary N) is 1. The second-order valence-corrected chi connectivity index (χ2v) is 18.8. The molecule has 0 saturated carbocycles. The Morgan fingerprint density at radius 2 is 1.80 bits per heavy atom. The van der Waals surface area contributed by atoms with Crippen molar-refractivity contribution in [2.75, 3.05) is 13.7 Å². The van der Waals surface area contributed by atoms with Crippen LogP contribution < -0.4 is 5.32 Å². The van der Waals surface area contributed by atoms with E-state index in [4.69, 9.17) is 32.4 Å². The quantitative estimate of drug-likeness (QED) is 0.225. The van der Waals surface area contributed by atoms with Crippen LogP contribution in [0.2, 0.25) is 28.2 Å². The zero-order valence-electron chi connectivity index (χ0n) is 25.0. The Hall–Kier alpha value is -2.02. The molecule has 1 heterocycles. The molecule has 3 rings (SSSR count). The second-order valence-electron chi connectivity index (χ2n) is 13.2. The summed E-state index contributed by atoms with van der Waals surface area (Å²) in [4.78, 5) is 13.2. The Kier molecular flexibility index (Phi) is 10.0. The van der Waals surface area contributed by atoms with Crippen LogP contribution in [0.4, 0.5) is 8.78 Å². The number of rotatable bonds is 9. The molecule has 0 spiro atoms. The van der Waals surface area contributed by atoms with Crippen molar-refractivity contribution < 1.29 is 22.7 Å². The number of hydrogen-bond donors (Lipinski definition) is 1. The van der Waals surface area contributed by atoms with Crippen LogP contribution >= 0.6 is 23.2 Å². The fourth-order valence-corrected chi connectivity index (χ4v) is 6.89. The van der Waals surface area contributed by atoms with E-state index in [1.54, 1.807) is 6.07 Å². The van der Waals surface area contributed by atoms with Gasteiger partial charge in [-0.3, -0.25) is 10.1 Å². The lowest BCUT2D eigenvalue weighted by molar-refractivity contribution is -0.143. The summed E-state index contributed by atoms with van der Waals surface area (Å²) < 4.78 is 42.9. The number of ether oxygens (including phenoxy) is 1. The maximum absolute atomic E-state index is 15.8. The lowest BCUT2D eigenvalue weighted by atomic mass is 9.62. The molecule has 4 atom stereocenters. The molecule has 2 aromatic carbocycles. The molecule has 0 amide bonds. The Balaban J connectivity index is 2.15. The number of benzene rings is 2. The summed E-state index contributed by atoms with van der Waals surface area (Å²) >= 11 is 12.2. The molecule has 1 aliphatic heterocycles. The fourth-order valence-electron chi connectivity index (χ4n) is 5.50. The first-order valence-electron chi connectivity index (χ1n) is 13.7. The summed E-state index contributed by atoms with van der Waals surface area (Å²) in [5.74, 6) is -3.34. The van der Waals surface area contributed by atoms with Crippen molar-refractivity contribution in [2.45, 2.75) is 89.0 Å². The highest BCUT2D eigenvalue weighted by Gasteiger charge is 2.61. The zero-order valence-corrected chi connectivity index (χ0v) is 27.5. The number of carbonyl (C=O) groups is 1. The van der Waals surface area contributed by atoms with Crippen molar-refractivity contribution in [3.63, 3.8) is 0 Å². The molecule has 1 saturated heterocycles. The van der Waals surface area contributed by atoms with Crippen molar-refractivity contribution in [1.29, 1.82) is 5.26 Å². The van der Waals surface area contributed by atoms with Crippen LogP contribution in [-0.2, 0) is 19.4 Å². The average molecular weight is 626 g/mol. The molecule has 4 unspecified atom stereocenters. The van der Waals surface area contributed by atoms with Gasteiger partial charge in [-0.1, -0.05) is 76.0 Å². The normalized spacial score (nSPS) is 23.3. The first-order valence-corrected chi connectivity index (χ1v) is 17.4. The first-order chi connectivity index (χ1) is 18.9. The standard InChI is InChI=1S/C31H40Cl2F2N2O3Si/c1-29(2,3)41(7,8)40-15-14-30(4,5)17-24-31(18-36,21-13-12-19(32)16-23(21)34)25(27(37-24)28(38)39-6)20-10-9-11-22(33)26(20)35/h9-13,16,24-25,27,37H,14-15,17H2,1-8H3. The summed E-state index contributed by atoms with van der Waals surface area (Å²) in [7, 11) is -0.769. The summed E-state index contributed by atoms with van der Waals surface area (Å²) in [6.07, 6.45) is 1.01. The van der Waals surface area contributed by atoms with Crippen molar-refractivity contribution in [3.05, 3.63) is 69.2 Å². The highest BCUT2D eigenvalue weighted by molar-refractivity contribution is 6.74. The highest BCUT2D eigenvalue weighted by Crippen LogP contribution is 2.53. The minimum atomic E-state index is -1.99. The molecule has 0 radical (unpaired) electrons. The van der Waals surface area contributed by atoms with Gasteiger partial charge in [-0.05, 0) is 60.2 Å². The predicted molar refractivity (Wildman–Crippen MR) is 162 cm³/mol. The van der Waals surface area contributed by atoms with Gasteiger partial charge < -0.3 is 9.16 Å². The Labute approximate surface area is 253 Å². The number of nitriles is 1. The van der Waals surface area contributed by atoms with Crippen LogP contribution in [0.3, 0.4) is 0 Å². The third-order valence-electron chi connectivity index (χ3n) is 8.89. The topological polar surface area (TPSA) is 71.3 Å². The van der Waals surface area contributed by atoms with Gasteiger partial charge >= 0.3 is 5.97 Å². The van der Waals surface area contributed by atoms with Crippen LogP contribution in [0.25, 0.3) is 0 Å². The molecular formula is C31H40Cl2F2N2O3Si. The third kappa shape index (κ3) is 6.65. The fraction of sp³-hybridized carbons (Fsp3) is 0.548. The number of hydrogen-bond acceptors (Lipinski definition) is 5. The highest BCUT2D eigenvalue weighted by atomic mass is 35.5. The minimum absolute atomic E-state index is 0.0194. The van der Waals surface area contributed by atoms with E-state index in [1.807, 2.05) is 13.8 Å². The second kappa shape index (κ2) is 12.3. The number of carbonyl (C=O) groups excluding carboxylic acids is 1. The van der Waals surface area contributed by atoms with Gasteiger partial charge in [0.15, 0.2) is 8.32 Å². The zero-order chi connectivity index (χ0) is 31.0. The Morgan fingerprint density at radius 3 is 2.37 bits per heavy atom. The van der Waals surface area contributed by atoms with Crippen LogP contribution in [0.15, 0.2) is 36.4 Å². The van der Waals surface area contributed by atoms with Gasteiger partial charge in [0.25, 0.3) is 0 Å². The van der Waals surface area contributed by atoms with Gasteiger partial charge in [-0.15, -0.1) is 0 Å². The van der Waals surface area contributed by atoms with Crippen LogP contribution in [0, 0.1) is 28.4 Å². The van der Waals surface area contributed by atoms with E-state index >= 15 is 8.78 Å². The van der Waals surface area contributed by atoms with Crippen LogP contribution in [-0.4, -0.2) is 40.1 Å². The van der Waals surface area contributed by atoms with E-state index in [0.717, 1.165) is 6.07 Å². The lowest BCUT2D eigenvalue weighted by Gasteiger charge is -2.40. The van der Waals surface area contributed by atoms with Gasteiger partial charge in [0.05, 0.1) is 18.2 Å². The lowest BCUT2D eigenvalue weighted by Crippen LogP contribution is -2.46. The molecule has 0 aliphatic carbocycles. The van der Waals surface area contributed by atoms with Gasteiger partial charge in [-0.25, -0.2) is 8.78 Å². The average Bonchev–Trinajstić information content (AvgIpc) is 3.17. The molecule has 2 aromatic rings. The molecule has 0 aromatic heterocycles. The van der Waals surface area contributed by atoms with Gasteiger partial charge in [0.2, 0.25) is 0 Å². The summed E-state index contributed by atoms with van der Waals surface area (Å²) in [5.41, 5.74) is -2.08. The van der Waals surface area contributed by atoms with E-state index in [9.17, 15) is 10.1 Å². The molecule has 224 valence electrons. The summed E-state index contributed by atoms with van der Waals surface area (Å²) in [5, 5.41) is 14.3. The molecule has 10 heteroatoms. The van der Waals surface area contributed by atoms with Crippen molar-refractivity contribution in [1.82, 2.24) is 5.32 Å². The minimum Gasteiger partial charge on any atom is -0.468 e. The van der Waals surface area contributed by atoms with E-state index in [-0.39, 0.29) is 26.2 Å². The number of nitrogens with zero attached hydrogens (tertiary/aromatic N) is 1. The van der Waals surface area contributed by atoms with Crippen molar-refractivity contribution in [2.24, 2.45) is 5.41 Å². The van der Waals surface area contributed by atoms with E-state index < -0.39 is 54.8 Å². The van der Waals surface area contributed by atoms with E-state index in [0.29, 0.717) is 19.4 Å². The number of methoxy groups -OCH3 is 1. The predicted octanol–water partition coefficient (Wildman–Crippen LogP) is 8.16. The first kappa shape index (κ1) is 33.5. The maximum Gasteiger partial charge on any atom is 0.323 e. The molecule has 0 bridgehead atoms. The van der Waals surface area contributed by atoms with E-state index in [2.05, 4.69) is 45.3 Å². The molecular weight excluding hydrogens is 585 g/mol. The van der Waals surface area contributed by atoms with Crippen molar-refractivity contribution in [3.8, 4) is 6.07 Å². The monoisotopic (exact) mass is 624 g/mol. The SMILES string of the molecule is COC(=O)C1NC(CC(C)(C)CCO[Si](C)(C)C(C)(C)C)C(C#N)(c2ccc(Cl)cc2F)C1c1cccc(Cl)c1F. The van der Waals surface area contributed by atoms with Gasteiger partial charge in [0, 0.05) is 29.2 Å². The summed E-state index contributed by atoms with van der Waals surface area (Å²) in [6, 6.07) is 8.90. The van der Waals surface area contributed by atoms with Crippen LogP contribution in [0.1, 0.15) is 64.5 Å². The summed E-state index contributed by atoms with van der Waals surface area (Å²) in [6.45, 7) is 15.5. The molecule has 1 N–H and O–H groups in total. The molecule has 1 aliphatic rings. The Bertz CT molecular complexity index is 1330. The van der Waals surface area contributed by atoms with Gasteiger partial charge in [-0.2, -0.15) is 5.26 Å². The van der Waals surface area contributed by atoms with E-state index in [1.165, 1.54) is 31.4 Å². The molecule has 41 heavy (non-hydrogen) atoms. The molecule has 1 fully saturated rings. The van der Waals surface area contributed by atoms with Gasteiger partial charge in [0.1, 0.15) is 23.1 Å². The smallest absolute Gasteiger partial charge is 0.323 e. The maximum atomic E-state index is 15.8. The largest absolute Gasteiger partial charge is 0.468 e. The Morgan fingerprint density at radius 1 is 1.15 bits per heavy atom. The van der Waals surface area contributed by atoms with Crippen LogP contribution in [0.5, 0.6) is 0 Å².